The van der Waals surface area contributed by atoms with Gasteiger partial charge in [0, 0.05) is 51.0 Å². The lowest BCUT2D eigenvalue weighted by atomic mass is 10.2. The van der Waals surface area contributed by atoms with Crippen LogP contribution in [0.15, 0.2) is 47.5 Å². The van der Waals surface area contributed by atoms with Gasteiger partial charge in [-0.3, -0.25) is 14.7 Å². The van der Waals surface area contributed by atoms with Crippen LogP contribution in [0.3, 0.4) is 0 Å². The molecule has 1 aromatic carbocycles. The number of halogens is 2. The van der Waals surface area contributed by atoms with E-state index >= 15 is 0 Å². The number of likely N-dealkylation sites (N-methyl/N-ethyl adjacent to an activating group) is 1. The van der Waals surface area contributed by atoms with Crippen LogP contribution in [0.1, 0.15) is 5.69 Å². The summed E-state index contributed by atoms with van der Waals surface area (Å²) in [6.45, 7) is 1.16. The van der Waals surface area contributed by atoms with E-state index in [1.54, 1.807) is 11.1 Å². The van der Waals surface area contributed by atoms with E-state index in [-0.39, 0.29) is 38.6 Å². The van der Waals surface area contributed by atoms with E-state index in [1.807, 2.05) is 30.1 Å². The van der Waals surface area contributed by atoms with Crippen LogP contribution in [0.4, 0.5) is 8.78 Å². The second-order valence-electron chi connectivity index (χ2n) is 7.14. The largest absolute Gasteiger partial charge is 0.339 e. The number of carbonyl (C=O) groups is 1. The number of carbonyl (C=O) groups excluding carboxylic acids is 1. The van der Waals surface area contributed by atoms with E-state index in [4.69, 9.17) is 0 Å². The monoisotopic (exact) mass is 438 g/mol. The van der Waals surface area contributed by atoms with Gasteiger partial charge in [-0.05, 0) is 31.3 Å². The van der Waals surface area contributed by atoms with Gasteiger partial charge < -0.3 is 4.90 Å². The molecule has 162 valence electrons. The summed E-state index contributed by atoms with van der Waals surface area (Å²) in [5.41, 5.74) is 0.941. The van der Waals surface area contributed by atoms with Crippen molar-refractivity contribution in [2.75, 3.05) is 46.3 Å². The fourth-order valence-electron chi connectivity index (χ4n) is 3.30. The molecule has 1 aliphatic rings. The van der Waals surface area contributed by atoms with Crippen molar-refractivity contribution in [3.8, 4) is 0 Å². The number of hydrogen-bond acceptors (Lipinski definition) is 5. The molecular weight excluding hydrogens is 414 g/mol. The van der Waals surface area contributed by atoms with Crippen LogP contribution < -0.4 is 0 Å². The molecule has 0 saturated carbocycles. The average molecular weight is 439 g/mol. The van der Waals surface area contributed by atoms with Gasteiger partial charge in [0.05, 0.1) is 6.54 Å². The van der Waals surface area contributed by atoms with E-state index in [2.05, 4.69) is 4.98 Å². The quantitative estimate of drug-likeness (QED) is 0.653. The van der Waals surface area contributed by atoms with Crippen molar-refractivity contribution < 1.29 is 22.0 Å². The number of nitrogens with zero attached hydrogens (tertiary/aromatic N) is 4. The predicted octanol–water partition coefficient (Wildman–Crippen LogP) is 1.37. The summed E-state index contributed by atoms with van der Waals surface area (Å²) in [5.74, 6) is -2.36. The summed E-state index contributed by atoms with van der Waals surface area (Å²) in [7, 11) is -2.47. The molecule has 1 amide bonds. The van der Waals surface area contributed by atoms with Crippen molar-refractivity contribution in [1.82, 2.24) is 19.1 Å². The highest BCUT2D eigenvalue weighted by atomic mass is 32.2. The second kappa shape index (κ2) is 9.59. The predicted molar refractivity (Wildman–Crippen MR) is 107 cm³/mol. The Morgan fingerprint density at radius 3 is 2.33 bits per heavy atom. The first kappa shape index (κ1) is 22.3. The summed E-state index contributed by atoms with van der Waals surface area (Å²) in [5, 5.41) is 0. The van der Waals surface area contributed by atoms with Crippen molar-refractivity contribution in [3.05, 3.63) is 59.9 Å². The molecule has 1 fully saturated rings. The number of piperazine rings is 1. The van der Waals surface area contributed by atoms with Crippen LogP contribution >= 0.6 is 0 Å². The Bertz CT molecular complexity index is 961. The minimum Gasteiger partial charge on any atom is -0.339 e. The molecule has 3 rings (SSSR count). The average Bonchev–Trinajstić information content (AvgIpc) is 2.73. The Morgan fingerprint density at radius 2 is 1.73 bits per heavy atom. The van der Waals surface area contributed by atoms with Crippen molar-refractivity contribution in [2.24, 2.45) is 0 Å². The highest BCUT2D eigenvalue weighted by Crippen LogP contribution is 2.23. The highest BCUT2D eigenvalue weighted by molar-refractivity contribution is 7.89. The molecule has 0 N–H and O–H groups in total. The van der Waals surface area contributed by atoms with Gasteiger partial charge in [-0.25, -0.2) is 17.2 Å². The van der Waals surface area contributed by atoms with Crippen LogP contribution in [0.2, 0.25) is 0 Å². The van der Waals surface area contributed by atoms with Crippen LogP contribution in [0.25, 0.3) is 0 Å². The smallest absolute Gasteiger partial charge is 0.249 e. The number of benzene rings is 1. The Kier molecular flexibility index (Phi) is 7.11. The zero-order valence-corrected chi connectivity index (χ0v) is 17.5. The molecule has 0 radical (unpaired) electrons. The molecule has 1 aromatic heterocycles. The third kappa shape index (κ3) is 5.18. The van der Waals surface area contributed by atoms with Crippen molar-refractivity contribution >= 4 is 15.9 Å². The fourth-order valence-corrected chi connectivity index (χ4v) is 4.83. The molecule has 0 spiro atoms. The zero-order valence-electron chi connectivity index (χ0n) is 16.7. The maximum absolute atomic E-state index is 13.9. The molecule has 0 unspecified atom stereocenters. The minimum atomic E-state index is -4.31. The van der Waals surface area contributed by atoms with Crippen LogP contribution in [0.5, 0.6) is 0 Å². The second-order valence-corrected chi connectivity index (χ2v) is 9.02. The fraction of sp³-hybridized carbons (Fsp3) is 0.400. The maximum Gasteiger partial charge on any atom is 0.249 e. The molecule has 7 nitrogen and oxygen atoms in total. The van der Waals surface area contributed by atoms with Crippen LogP contribution in [-0.4, -0.2) is 79.7 Å². The lowest BCUT2D eigenvalue weighted by Crippen LogP contribution is -2.52. The summed E-state index contributed by atoms with van der Waals surface area (Å²) in [4.78, 5) is 19.3. The first-order chi connectivity index (χ1) is 14.3. The number of hydrogen-bond donors (Lipinski definition) is 0. The lowest BCUT2D eigenvalue weighted by Gasteiger charge is -2.34. The van der Waals surface area contributed by atoms with E-state index < -0.39 is 26.6 Å². The van der Waals surface area contributed by atoms with Crippen molar-refractivity contribution in [3.63, 3.8) is 0 Å². The molecule has 0 atom stereocenters. The Labute approximate surface area is 175 Å². The van der Waals surface area contributed by atoms with Gasteiger partial charge >= 0.3 is 0 Å². The highest BCUT2D eigenvalue weighted by Gasteiger charge is 2.34. The summed E-state index contributed by atoms with van der Waals surface area (Å²) in [6, 6.07) is 8.62. The van der Waals surface area contributed by atoms with E-state index in [9.17, 15) is 22.0 Å². The van der Waals surface area contributed by atoms with Gasteiger partial charge in [0.25, 0.3) is 0 Å². The standard InChI is InChI=1S/C20H24F2N4O3S/c1-24(10-8-16-5-2-3-9-23-16)15-19(27)25-11-13-26(14-12-25)30(28,29)20-17(21)6-4-7-18(20)22/h2-7,9H,8,10-15H2,1H3. The molecule has 30 heavy (non-hydrogen) atoms. The lowest BCUT2D eigenvalue weighted by molar-refractivity contribution is -0.133. The molecule has 0 bridgehead atoms. The molecular formula is C20H24F2N4O3S. The van der Waals surface area contributed by atoms with Crippen molar-refractivity contribution in [2.45, 2.75) is 11.3 Å². The summed E-state index contributed by atoms with van der Waals surface area (Å²) in [6.07, 6.45) is 2.44. The number of aromatic nitrogens is 1. The first-order valence-electron chi connectivity index (χ1n) is 9.59. The molecule has 1 aliphatic heterocycles. The Hall–Kier alpha value is -2.43. The van der Waals surface area contributed by atoms with E-state index in [0.29, 0.717) is 13.0 Å². The number of amides is 1. The van der Waals surface area contributed by atoms with Gasteiger partial charge in [0.2, 0.25) is 15.9 Å². The molecule has 1 saturated heterocycles. The zero-order chi connectivity index (χ0) is 21.7. The molecule has 0 aliphatic carbocycles. The molecule has 2 aromatic rings. The first-order valence-corrected chi connectivity index (χ1v) is 11.0. The van der Waals surface area contributed by atoms with E-state index in [1.165, 1.54) is 0 Å². The van der Waals surface area contributed by atoms with Crippen molar-refractivity contribution in [1.29, 1.82) is 0 Å². The third-order valence-corrected chi connectivity index (χ3v) is 6.94. The Balaban J connectivity index is 1.53. The number of sulfonamides is 1. The van der Waals surface area contributed by atoms with Gasteiger partial charge in [0.1, 0.15) is 11.6 Å². The molecule has 10 heteroatoms. The number of rotatable bonds is 7. The topological polar surface area (TPSA) is 73.8 Å². The van der Waals surface area contributed by atoms with Gasteiger partial charge in [-0.15, -0.1) is 0 Å². The maximum atomic E-state index is 13.9. The van der Waals surface area contributed by atoms with Crippen LogP contribution in [-0.2, 0) is 21.2 Å². The summed E-state index contributed by atoms with van der Waals surface area (Å²) < 4.78 is 54.1. The van der Waals surface area contributed by atoms with E-state index in [0.717, 1.165) is 28.2 Å². The SMILES string of the molecule is CN(CCc1ccccn1)CC(=O)N1CCN(S(=O)(=O)c2c(F)cccc2F)CC1. The van der Waals surface area contributed by atoms with Crippen LogP contribution in [0, 0.1) is 11.6 Å². The molecule has 2 heterocycles. The van der Waals surface area contributed by atoms with Gasteiger partial charge in [0.15, 0.2) is 4.90 Å². The Morgan fingerprint density at radius 1 is 1.07 bits per heavy atom. The van der Waals surface area contributed by atoms with Gasteiger partial charge in [-0.1, -0.05) is 12.1 Å². The normalized spacial score (nSPS) is 15.5. The third-order valence-electron chi connectivity index (χ3n) is 4.99. The minimum absolute atomic E-state index is 0.0144. The number of pyridine rings is 1. The van der Waals surface area contributed by atoms with Gasteiger partial charge in [-0.2, -0.15) is 4.31 Å². The summed E-state index contributed by atoms with van der Waals surface area (Å²) >= 11 is 0.